The van der Waals surface area contributed by atoms with Crippen molar-refractivity contribution in [3.63, 3.8) is 0 Å². The first kappa shape index (κ1) is 11.9. The zero-order chi connectivity index (χ0) is 11.4. The second-order valence-electron chi connectivity index (χ2n) is 3.79. The molecular formula is C11H16ClN3S. The van der Waals surface area contributed by atoms with Gasteiger partial charge < -0.3 is 5.32 Å². The molecular weight excluding hydrogens is 242 g/mol. The van der Waals surface area contributed by atoms with Crippen molar-refractivity contribution in [1.29, 1.82) is 0 Å². The molecule has 0 amide bonds. The third-order valence-electron chi connectivity index (χ3n) is 2.56. The third-order valence-corrected chi connectivity index (χ3v) is 3.62. The first-order chi connectivity index (χ1) is 7.83. The van der Waals surface area contributed by atoms with Crippen LogP contribution in [0.4, 0.5) is 0 Å². The number of aromatic nitrogens is 2. The summed E-state index contributed by atoms with van der Waals surface area (Å²) in [6.45, 7) is 4.05. The number of nitrogens with one attached hydrogen (secondary N) is 1. The Kier molecular flexibility index (Phi) is 4.21. The maximum absolute atomic E-state index is 6.08. The molecule has 0 atom stereocenters. The van der Waals surface area contributed by atoms with Gasteiger partial charge in [0.2, 0.25) is 0 Å². The van der Waals surface area contributed by atoms with Gasteiger partial charge in [-0.05, 0) is 13.0 Å². The van der Waals surface area contributed by atoms with Crippen molar-refractivity contribution >= 4 is 27.9 Å². The average molecular weight is 258 g/mol. The van der Waals surface area contributed by atoms with E-state index < -0.39 is 0 Å². The van der Waals surface area contributed by atoms with Gasteiger partial charge in [-0.15, -0.1) is 11.3 Å². The number of hydrogen-bond donors (Lipinski definition) is 1. The number of unbranched alkanes of at least 4 members (excludes halogenated alkanes) is 2. The second-order valence-corrected chi connectivity index (χ2v) is 5.02. The van der Waals surface area contributed by atoms with Crippen molar-refractivity contribution in [2.45, 2.75) is 32.7 Å². The molecule has 0 radical (unpaired) electrons. The lowest BCUT2D eigenvalue weighted by Crippen LogP contribution is -2.15. The number of nitrogens with zero attached hydrogens (tertiary/aromatic N) is 2. The van der Waals surface area contributed by atoms with Gasteiger partial charge in [0.1, 0.15) is 0 Å². The molecule has 0 saturated heterocycles. The molecule has 0 bridgehead atoms. The van der Waals surface area contributed by atoms with Gasteiger partial charge in [-0.2, -0.15) is 0 Å². The molecule has 0 unspecified atom stereocenters. The van der Waals surface area contributed by atoms with E-state index in [1.54, 1.807) is 11.3 Å². The lowest BCUT2D eigenvalue weighted by molar-refractivity contribution is 0.609. The maximum atomic E-state index is 6.08. The Hall–Kier alpha value is -0.580. The monoisotopic (exact) mass is 257 g/mol. The van der Waals surface area contributed by atoms with Crippen molar-refractivity contribution in [1.82, 2.24) is 14.7 Å². The number of halogens is 1. The first-order valence-corrected chi connectivity index (χ1v) is 6.89. The van der Waals surface area contributed by atoms with Crippen molar-refractivity contribution in [3.05, 3.63) is 22.4 Å². The molecule has 88 valence electrons. The van der Waals surface area contributed by atoms with Gasteiger partial charge in [0.15, 0.2) is 10.1 Å². The maximum Gasteiger partial charge on any atom is 0.195 e. The van der Waals surface area contributed by atoms with Crippen LogP contribution in [0.2, 0.25) is 5.15 Å². The Morgan fingerprint density at radius 3 is 3.19 bits per heavy atom. The number of imidazole rings is 1. The van der Waals surface area contributed by atoms with Gasteiger partial charge in [-0.3, -0.25) is 4.40 Å². The Balaban J connectivity index is 1.93. The zero-order valence-electron chi connectivity index (χ0n) is 9.37. The first-order valence-electron chi connectivity index (χ1n) is 5.63. The van der Waals surface area contributed by atoms with Crippen LogP contribution in [0.25, 0.3) is 4.96 Å². The van der Waals surface area contributed by atoms with Gasteiger partial charge >= 0.3 is 0 Å². The van der Waals surface area contributed by atoms with E-state index in [9.17, 15) is 0 Å². The molecule has 3 nitrogen and oxygen atoms in total. The number of fused-ring (bicyclic) bond motifs is 1. The van der Waals surface area contributed by atoms with Crippen molar-refractivity contribution < 1.29 is 0 Å². The molecule has 2 heterocycles. The molecule has 1 N–H and O–H groups in total. The predicted octanol–water partition coefficient (Wildman–Crippen LogP) is 3.33. The molecule has 0 saturated carbocycles. The summed E-state index contributed by atoms with van der Waals surface area (Å²) in [7, 11) is 0. The van der Waals surface area contributed by atoms with Crippen LogP contribution in [-0.4, -0.2) is 15.9 Å². The van der Waals surface area contributed by atoms with E-state index in [0.29, 0.717) is 5.15 Å². The zero-order valence-corrected chi connectivity index (χ0v) is 10.9. The summed E-state index contributed by atoms with van der Waals surface area (Å²) in [6.07, 6.45) is 5.77. The van der Waals surface area contributed by atoms with Crippen LogP contribution >= 0.6 is 22.9 Å². The van der Waals surface area contributed by atoms with E-state index in [4.69, 9.17) is 11.6 Å². The minimum absolute atomic E-state index is 0.620. The molecule has 2 rings (SSSR count). The fourth-order valence-corrected chi connectivity index (χ4v) is 2.69. The minimum atomic E-state index is 0.620. The predicted molar refractivity (Wildman–Crippen MR) is 69.3 cm³/mol. The fraction of sp³-hybridized carbons (Fsp3) is 0.545. The van der Waals surface area contributed by atoms with Crippen molar-refractivity contribution in [2.24, 2.45) is 0 Å². The van der Waals surface area contributed by atoms with E-state index in [2.05, 4.69) is 21.6 Å². The topological polar surface area (TPSA) is 29.3 Å². The SMILES string of the molecule is CCCCCNCc1c(Cl)nc2sccn12. The van der Waals surface area contributed by atoms with Crippen LogP contribution in [0, 0.1) is 0 Å². The molecule has 0 aliphatic carbocycles. The minimum Gasteiger partial charge on any atom is -0.311 e. The Morgan fingerprint density at radius 1 is 1.50 bits per heavy atom. The summed E-state index contributed by atoms with van der Waals surface area (Å²) >= 11 is 7.69. The lowest BCUT2D eigenvalue weighted by atomic mass is 10.2. The van der Waals surface area contributed by atoms with Crippen molar-refractivity contribution in [2.75, 3.05) is 6.54 Å². The quantitative estimate of drug-likeness (QED) is 0.805. The van der Waals surface area contributed by atoms with Crippen LogP contribution in [0.1, 0.15) is 31.9 Å². The number of rotatable bonds is 6. The molecule has 16 heavy (non-hydrogen) atoms. The molecule has 5 heteroatoms. The smallest absolute Gasteiger partial charge is 0.195 e. The van der Waals surface area contributed by atoms with Crippen molar-refractivity contribution in [3.8, 4) is 0 Å². The number of thiazole rings is 1. The average Bonchev–Trinajstić information content (AvgIpc) is 2.80. The van der Waals surface area contributed by atoms with Crippen LogP contribution in [0.15, 0.2) is 11.6 Å². The lowest BCUT2D eigenvalue weighted by Gasteiger charge is -2.03. The third kappa shape index (κ3) is 2.56. The second kappa shape index (κ2) is 5.66. The van der Waals surface area contributed by atoms with E-state index >= 15 is 0 Å². The molecule has 0 spiro atoms. The van der Waals surface area contributed by atoms with Crippen LogP contribution in [-0.2, 0) is 6.54 Å². The largest absolute Gasteiger partial charge is 0.311 e. The van der Waals surface area contributed by atoms with Crippen LogP contribution in [0.5, 0.6) is 0 Å². The van der Waals surface area contributed by atoms with E-state index in [-0.39, 0.29) is 0 Å². The summed E-state index contributed by atoms with van der Waals surface area (Å²) in [6, 6.07) is 0. The normalized spacial score (nSPS) is 11.4. The summed E-state index contributed by atoms with van der Waals surface area (Å²) in [5.41, 5.74) is 1.06. The summed E-state index contributed by atoms with van der Waals surface area (Å²) < 4.78 is 2.06. The Morgan fingerprint density at radius 2 is 2.38 bits per heavy atom. The van der Waals surface area contributed by atoms with Gasteiger partial charge in [-0.25, -0.2) is 4.98 Å². The van der Waals surface area contributed by atoms with Gasteiger partial charge in [0.05, 0.1) is 5.69 Å². The highest BCUT2D eigenvalue weighted by Gasteiger charge is 2.09. The summed E-state index contributed by atoms with van der Waals surface area (Å²) in [4.78, 5) is 5.26. The standard InChI is InChI=1S/C11H16ClN3S/c1-2-3-4-5-13-8-9-10(12)14-11-15(9)6-7-16-11/h6-7,13H,2-5,8H2,1H3. The Bertz CT molecular complexity index is 449. The molecule has 2 aromatic rings. The van der Waals surface area contributed by atoms with Gasteiger partial charge in [0, 0.05) is 18.1 Å². The summed E-state index contributed by atoms with van der Waals surface area (Å²) in [5.74, 6) is 0. The highest BCUT2D eigenvalue weighted by atomic mass is 35.5. The highest BCUT2D eigenvalue weighted by Crippen LogP contribution is 2.20. The molecule has 0 fully saturated rings. The van der Waals surface area contributed by atoms with E-state index in [0.717, 1.165) is 23.7 Å². The van der Waals surface area contributed by atoms with Gasteiger partial charge in [0.25, 0.3) is 0 Å². The molecule has 0 aliphatic heterocycles. The molecule has 2 aromatic heterocycles. The van der Waals surface area contributed by atoms with Gasteiger partial charge in [-0.1, -0.05) is 31.4 Å². The molecule has 0 aromatic carbocycles. The molecule has 0 aliphatic rings. The van der Waals surface area contributed by atoms with E-state index in [1.807, 2.05) is 11.6 Å². The van der Waals surface area contributed by atoms with E-state index in [1.165, 1.54) is 19.3 Å². The van der Waals surface area contributed by atoms with Crippen LogP contribution < -0.4 is 5.32 Å². The highest BCUT2D eigenvalue weighted by molar-refractivity contribution is 7.15. The Labute approximate surface area is 104 Å². The fourth-order valence-electron chi connectivity index (χ4n) is 1.67. The van der Waals surface area contributed by atoms with Crippen LogP contribution in [0.3, 0.4) is 0 Å². The summed E-state index contributed by atoms with van der Waals surface area (Å²) in [5, 5.41) is 6.05. The number of hydrogen-bond acceptors (Lipinski definition) is 3.